The van der Waals surface area contributed by atoms with Crippen LogP contribution in [0.15, 0.2) is 22.7 Å². The smallest absolute Gasteiger partial charge is 0.335 e. The Labute approximate surface area is 118 Å². The van der Waals surface area contributed by atoms with Crippen LogP contribution in [0.3, 0.4) is 0 Å². The summed E-state index contributed by atoms with van der Waals surface area (Å²) in [4.78, 5) is 10.8. The zero-order valence-corrected chi connectivity index (χ0v) is 12.0. The van der Waals surface area contributed by atoms with Crippen LogP contribution in [0.2, 0.25) is 0 Å². The predicted octanol–water partition coefficient (Wildman–Crippen LogP) is 2.16. The molecule has 0 unspecified atom stereocenters. The molecule has 0 spiro atoms. The molecule has 0 atom stereocenters. The Morgan fingerprint density at radius 1 is 1.47 bits per heavy atom. The number of ether oxygens (including phenoxy) is 1. The molecule has 100 valence electrons. The van der Waals surface area contributed by atoms with Crippen molar-refractivity contribution in [1.82, 2.24) is 14.8 Å². The van der Waals surface area contributed by atoms with Gasteiger partial charge in [-0.3, -0.25) is 0 Å². The minimum absolute atomic E-state index is 0.203. The highest BCUT2D eigenvalue weighted by molar-refractivity contribution is 9.10. The number of halogens is 1. The fourth-order valence-corrected chi connectivity index (χ4v) is 1.96. The molecule has 1 aromatic carbocycles. The third-order valence-corrected chi connectivity index (χ3v) is 3.34. The van der Waals surface area contributed by atoms with Gasteiger partial charge in [0, 0.05) is 7.05 Å². The van der Waals surface area contributed by atoms with E-state index in [1.54, 1.807) is 6.07 Å². The van der Waals surface area contributed by atoms with E-state index < -0.39 is 5.97 Å². The average molecular weight is 326 g/mol. The summed E-state index contributed by atoms with van der Waals surface area (Å²) in [6.45, 7) is 2.12. The van der Waals surface area contributed by atoms with Gasteiger partial charge in [0.1, 0.15) is 18.2 Å². The Kier molecular flexibility index (Phi) is 3.84. The van der Waals surface area contributed by atoms with Crippen molar-refractivity contribution in [1.29, 1.82) is 0 Å². The Morgan fingerprint density at radius 2 is 2.21 bits per heavy atom. The maximum absolute atomic E-state index is 10.8. The van der Waals surface area contributed by atoms with Crippen LogP contribution in [0.25, 0.3) is 0 Å². The molecule has 6 nitrogen and oxygen atoms in total. The molecule has 1 heterocycles. The van der Waals surface area contributed by atoms with Crippen LogP contribution in [0.4, 0.5) is 0 Å². The molecule has 0 aliphatic rings. The summed E-state index contributed by atoms with van der Waals surface area (Å²) >= 11 is 3.28. The third kappa shape index (κ3) is 2.93. The monoisotopic (exact) mass is 325 g/mol. The molecule has 0 bridgehead atoms. The second-order valence-corrected chi connectivity index (χ2v) is 4.82. The summed E-state index contributed by atoms with van der Waals surface area (Å²) in [7, 11) is 1.86. The molecule has 0 saturated heterocycles. The minimum atomic E-state index is -0.976. The van der Waals surface area contributed by atoms with Gasteiger partial charge < -0.3 is 14.4 Å². The van der Waals surface area contributed by atoms with Gasteiger partial charge in [-0.15, -0.1) is 10.2 Å². The van der Waals surface area contributed by atoms with Crippen molar-refractivity contribution >= 4 is 21.9 Å². The van der Waals surface area contributed by atoms with E-state index in [-0.39, 0.29) is 12.2 Å². The lowest BCUT2D eigenvalue weighted by Crippen LogP contribution is -2.05. The summed E-state index contributed by atoms with van der Waals surface area (Å²) in [5.41, 5.74) is 0.203. The van der Waals surface area contributed by atoms with Gasteiger partial charge in [0.25, 0.3) is 0 Å². The van der Waals surface area contributed by atoms with Crippen LogP contribution in [-0.4, -0.2) is 25.8 Å². The van der Waals surface area contributed by atoms with E-state index in [9.17, 15) is 4.79 Å². The molecule has 0 amide bonds. The van der Waals surface area contributed by atoms with Crippen molar-refractivity contribution in [3.8, 4) is 5.75 Å². The fraction of sp³-hybridized carbons (Fsp3) is 0.250. The maximum Gasteiger partial charge on any atom is 0.335 e. The minimum Gasteiger partial charge on any atom is -0.484 e. The van der Waals surface area contributed by atoms with E-state index in [0.717, 1.165) is 5.82 Å². The lowest BCUT2D eigenvalue weighted by atomic mass is 10.2. The molecule has 0 aliphatic heterocycles. The van der Waals surface area contributed by atoms with Crippen LogP contribution in [-0.2, 0) is 13.7 Å². The van der Waals surface area contributed by atoms with Gasteiger partial charge >= 0.3 is 5.97 Å². The maximum atomic E-state index is 10.8. The van der Waals surface area contributed by atoms with Crippen molar-refractivity contribution in [3.05, 3.63) is 39.9 Å². The molecule has 1 N–H and O–H groups in total. The Bertz CT molecular complexity index is 625. The van der Waals surface area contributed by atoms with Crippen LogP contribution in [0, 0.1) is 6.92 Å². The van der Waals surface area contributed by atoms with Crippen molar-refractivity contribution in [2.45, 2.75) is 13.5 Å². The highest BCUT2D eigenvalue weighted by Crippen LogP contribution is 2.26. The fourth-order valence-electron chi connectivity index (χ4n) is 1.47. The van der Waals surface area contributed by atoms with E-state index in [0.29, 0.717) is 16.0 Å². The standard InChI is InChI=1S/C12H12BrN3O3/c1-7-14-15-11(16(7)2)6-19-10-4-3-8(12(17)18)5-9(10)13/h3-5H,6H2,1-2H3,(H,17,18). The molecule has 19 heavy (non-hydrogen) atoms. The Morgan fingerprint density at radius 3 is 2.74 bits per heavy atom. The molecule has 1 aromatic heterocycles. The highest BCUT2D eigenvalue weighted by Gasteiger charge is 2.10. The van der Waals surface area contributed by atoms with Crippen molar-refractivity contribution in [3.63, 3.8) is 0 Å². The number of aromatic carboxylic acids is 1. The van der Waals surface area contributed by atoms with Crippen LogP contribution in [0.5, 0.6) is 5.75 Å². The summed E-state index contributed by atoms with van der Waals surface area (Å²) in [6, 6.07) is 4.60. The molecule has 2 rings (SSSR count). The van der Waals surface area contributed by atoms with Crippen LogP contribution in [0.1, 0.15) is 22.0 Å². The van der Waals surface area contributed by atoms with Gasteiger partial charge in [-0.2, -0.15) is 0 Å². The van der Waals surface area contributed by atoms with Gasteiger partial charge in [0.15, 0.2) is 5.82 Å². The molecule has 0 radical (unpaired) electrons. The Balaban J connectivity index is 2.12. The van der Waals surface area contributed by atoms with Crippen LogP contribution >= 0.6 is 15.9 Å². The zero-order valence-electron chi connectivity index (χ0n) is 10.4. The number of nitrogens with zero attached hydrogens (tertiary/aromatic N) is 3. The first-order valence-corrected chi connectivity index (χ1v) is 6.29. The highest BCUT2D eigenvalue weighted by atomic mass is 79.9. The largest absolute Gasteiger partial charge is 0.484 e. The molecule has 0 aliphatic carbocycles. The SMILES string of the molecule is Cc1nnc(COc2ccc(C(=O)O)cc2Br)n1C. The molecule has 0 saturated carbocycles. The quantitative estimate of drug-likeness (QED) is 0.932. The summed E-state index contributed by atoms with van der Waals surface area (Å²) < 4.78 is 8.01. The predicted molar refractivity (Wildman–Crippen MR) is 71.2 cm³/mol. The van der Waals surface area contributed by atoms with E-state index in [1.807, 2.05) is 18.5 Å². The number of hydrogen-bond acceptors (Lipinski definition) is 4. The molecule has 7 heteroatoms. The second-order valence-electron chi connectivity index (χ2n) is 3.96. The average Bonchev–Trinajstić information content (AvgIpc) is 2.68. The van der Waals surface area contributed by atoms with Crippen molar-refractivity contribution < 1.29 is 14.6 Å². The summed E-state index contributed by atoms with van der Waals surface area (Å²) in [6.07, 6.45) is 0. The summed E-state index contributed by atoms with van der Waals surface area (Å²) in [5.74, 6) is 1.09. The van der Waals surface area contributed by atoms with Crippen molar-refractivity contribution in [2.75, 3.05) is 0 Å². The first-order valence-electron chi connectivity index (χ1n) is 5.49. The second kappa shape index (κ2) is 5.40. The molecule has 0 fully saturated rings. The van der Waals surface area contributed by atoms with E-state index in [2.05, 4.69) is 26.1 Å². The number of hydrogen-bond donors (Lipinski definition) is 1. The van der Waals surface area contributed by atoms with Gasteiger partial charge in [0.05, 0.1) is 10.0 Å². The number of rotatable bonds is 4. The number of carbonyl (C=O) groups is 1. The normalized spacial score (nSPS) is 10.5. The molecule has 2 aromatic rings. The van der Waals surface area contributed by atoms with E-state index in [4.69, 9.17) is 9.84 Å². The number of benzene rings is 1. The molecular formula is C12H12BrN3O3. The lowest BCUT2D eigenvalue weighted by Gasteiger charge is -2.08. The van der Waals surface area contributed by atoms with Gasteiger partial charge in [-0.1, -0.05) is 0 Å². The zero-order chi connectivity index (χ0) is 14.0. The Hall–Kier alpha value is -1.89. The topological polar surface area (TPSA) is 77.2 Å². The number of carboxylic acid groups (broad SMARTS) is 1. The van der Waals surface area contributed by atoms with Crippen LogP contribution < -0.4 is 4.74 Å². The first kappa shape index (κ1) is 13.5. The number of aromatic nitrogens is 3. The van der Waals surface area contributed by atoms with Gasteiger partial charge in [-0.25, -0.2) is 4.79 Å². The van der Waals surface area contributed by atoms with Gasteiger partial charge in [0.2, 0.25) is 0 Å². The number of aryl methyl sites for hydroxylation is 1. The van der Waals surface area contributed by atoms with Crippen molar-refractivity contribution in [2.24, 2.45) is 7.05 Å². The number of carboxylic acids is 1. The molecular weight excluding hydrogens is 314 g/mol. The lowest BCUT2D eigenvalue weighted by molar-refractivity contribution is 0.0696. The first-order chi connectivity index (χ1) is 8.99. The van der Waals surface area contributed by atoms with E-state index in [1.165, 1.54) is 12.1 Å². The summed E-state index contributed by atoms with van der Waals surface area (Å²) in [5, 5.41) is 16.8. The van der Waals surface area contributed by atoms with E-state index >= 15 is 0 Å². The van der Waals surface area contributed by atoms with Gasteiger partial charge in [-0.05, 0) is 41.1 Å². The third-order valence-electron chi connectivity index (χ3n) is 2.72.